The van der Waals surface area contributed by atoms with E-state index in [0.29, 0.717) is 11.2 Å². The minimum Gasteiger partial charge on any atom is -0.383 e. The first-order chi connectivity index (χ1) is 19.6. The van der Waals surface area contributed by atoms with Gasteiger partial charge in [-0.15, -0.1) is 0 Å². The zero-order valence-corrected chi connectivity index (χ0v) is 23.6. The summed E-state index contributed by atoms with van der Waals surface area (Å²) >= 11 is 0. The molecule has 1 spiro atoms. The van der Waals surface area contributed by atoms with Crippen LogP contribution in [0.25, 0.3) is 33.8 Å². The molecule has 0 atom stereocenters. The number of pyridine rings is 2. The maximum absolute atomic E-state index is 6.34. The number of nitrogens with zero attached hydrogens (tertiary/aromatic N) is 5. The highest BCUT2D eigenvalue weighted by Crippen LogP contribution is 2.39. The van der Waals surface area contributed by atoms with Gasteiger partial charge in [0.15, 0.2) is 11.5 Å². The van der Waals surface area contributed by atoms with Crippen molar-refractivity contribution < 1.29 is 0 Å². The molecule has 40 heavy (non-hydrogen) atoms. The lowest BCUT2D eigenvalue weighted by Crippen LogP contribution is -2.38. The Kier molecular flexibility index (Phi) is 7.50. The van der Waals surface area contributed by atoms with E-state index in [1.807, 2.05) is 25.1 Å². The van der Waals surface area contributed by atoms with E-state index in [9.17, 15) is 0 Å². The number of piperidine rings is 1. The van der Waals surface area contributed by atoms with Crippen molar-refractivity contribution in [3.63, 3.8) is 0 Å². The number of nitrogens with one attached hydrogen (secondary N) is 1. The van der Waals surface area contributed by atoms with Gasteiger partial charge in [-0.1, -0.05) is 37.3 Å². The van der Waals surface area contributed by atoms with Crippen molar-refractivity contribution in [1.29, 1.82) is 0 Å². The van der Waals surface area contributed by atoms with Gasteiger partial charge in [-0.2, -0.15) is 0 Å². The van der Waals surface area contributed by atoms with E-state index in [2.05, 4.69) is 75.3 Å². The molecule has 7 nitrogen and oxygen atoms in total. The standard InChI is InChI=1S/C33H39N7/c1-3-6-25(7-4-2)28-13-14-29-32(37-28)40(31(38-29)27-8-5-18-36-30(27)34)26-11-9-24(10-12-26)22-39-21-17-33(23-39)15-19-35-20-16-33/h3,5-14,18,35H,4,15-17,19-23H2,1-2H3,(H2,34,36)/b6-3-,25-7+. The summed E-state index contributed by atoms with van der Waals surface area (Å²) in [7, 11) is 0. The van der Waals surface area contributed by atoms with Crippen LogP contribution in [0.3, 0.4) is 0 Å². The number of nitrogens with two attached hydrogens (primary N) is 1. The Labute approximate surface area is 236 Å². The fraction of sp³-hybridized carbons (Fsp3) is 0.364. The molecule has 3 aromatic heterocycles. The first-order valence-electron chi connectivity index (χ1n) is 14.6. The topological polar surface area (TPSA) is 84.9 Å². The summed E-state index contributed by atoms with van der Waals surface area (Å²) < 4.78 is 2.12. The van der Waals surface area contributed by atoms with Gasteiger partial charge in [0.2, 0.25) is 0 Å². The average Bonchev–Trinajstić information content (AvgIpc) is 3.54. The third kappa shape index (κ3) is 5.19. The number of likely N-dealkylation sites (tertiary alicyclic amines) is 1. The third-order valence-corrected chi connectivity index (χ3v) is 8.43. The quantitative estimate of drug-likeness (QED) is 0.283. The van der Waals surface area contributed by atoms with Crippen molar-refractivity contribution in [2.45, 2.75) is 46.1 Å². The predicted molar refractivity (Wildman–Crippen MR) is 164 cm³/mol. The van der Waals surface area contributed by atoms with Crippen molar-refractivity contribution in [2.24, 2.45) is 5.41 Å². The van der Waals surface area contributed by atoms with Crippen LogP contribution in [0.1, 0.15) is 50.8 Å². The van der Waals surface area contributed by atoms with Crippen LogP contribution in [0, 0.1) is 5.41 Å². The van der Waals surface area contributed by atoms with Gasteiger partial charge in [0.25, 0.3) is 0 Å². The van der Waals surface area contributed by atoms with Crippen molar-refractivity contribution in [2.75, 3.05) is 31.9 Å². The van der Waals surface area contributed by atoms with Gasteiger partial charge in [0, 0.05) is 25.0 Å². The van der Waals surface area contributed by atoms with Crippen LogP contribution < -0.4 is 11.1 Å². The van der Waals surface area contributed by atoms with E-state index in [4.69, 9.17) is 15.7 Å². The predicted octanol–water partition coefficient (Wildman–Crippen LogP) is 6.01. The van der Waals surface area contributed by atoms with Crippen molar-refractivity contribution in [3.05, 3.63) is 84.2 Å². The van der Waals surface area contributed by atoms with Gasteiger partial charge in [-0.05, 0) is 105 Å². The average molecular weight is 534 g/mol. The van der Waals surface area contributed by atoms with Crippen LogP contribution >= 0.6 is 0 Å². The summed E-state index contributed by atoms with van der Waals surface area (Å²) in [6, 6.07) is 16.8. The minimum atomic E-state index is 0.456. The van der Waals surface area contributed by atoms with Crippen molar-refractivity contribution in [1.82, 2.24) is 29.7 Å². The summed E-state index contributed by atoms with van der Waals surface area (Å²) in [6.45, 7) is 9.87. The highest BCUT2D eigenvalue weighted by Gasteiger charge is 2.38. The Hall–Kier alpha value is -3.81. The van der Waals surface area contributed by atoms with Crippen LogP contribution in [0.2, 0.25) is 0 Å². The first kappa shape index (κ1) is 26.4. The number of hydrogen-bond donors (Lipinski definition) is 2. The fourth-order valence-corrected chi connectivity index (χ4v) is 6.34. The molecule has 206 valence electrons. The maximum Gasteiger partial charge on any atom is 0.165 e. The Morgan fingerprint density at radius 1 is 1.05 bits per heavy atom. The summed E-state index contributed by atoms with van der Waals surface area (Å²) in [4.78, 5) is 17.1. The second kappa shape index (κ2) is 11.4. The Morgan fingerprint density at radius 3 is 2.62 bits per heavy atom. The van der Waals surface area contributed by atoms with Gasteiger partial charge in [-0.25, -0.2) is 15.0 Å². The zero-order chi connectivity index (χ0) is 27.5. The van der Waals surface area contributed by atoms with E-state index >= 15 is 0 Å². The molecule has 0 bridgehead atoms. The molecule has 0 saturated carbocycles. The molecule has 7 heteroatoms. The second-order valence-corrected chi connectivity index (χ2v) is 11.2. The molecular weight excluding hydrogens is 494 g/mol. The summed E-state index contributed by atoms with van der Waals surface area (Å²) in [6.07, 6.45) is 12.9. The number of aromatic nitrogens is 4. The SMILES string of the molecule is C/C=C\C(=C/CC)c1ccc2nc(-c3cccnc3N)n(-c3ccc(CN4CCC5(CCNCC5)C4)cc3)c2n1. The number of rotatable bonds is 7. The summed E-state index contributed by atoms with van der Waals surface area (Å²) in [5.41, 5.74) is 13.7. The van der Waals surface area contributed by atoms with Crippen LogP contribution in [-0.2, 0) is 6.54 Å². The van der Waals surface area contributed by atoms with Crippen LogP contribution in [0.4, 0.5) is 5.82 Å². The molecular formula is C33H39N7. The van der Waals surface area contributed by atoms with Crippen LogP contribution in [0.5, 0.6) is 0 Å². The van der Waals surface area contributed by atoms with Gasteiger partial charge in [-0.3, -0.25) is 9.47 Å². The van der Waals surface area contributed by atoms with E-state index < -0.39 is 0 Å². The zero-order valence-electron chi connectivity index (χ0n) is 23.6. The highest BCUT2D eigenvalue weighted by molar-refractivity contribution is 5.85. The molecule has 6 rings (SSSR count). The third-order valence-electron chi connectivity index (χ3n) is 8.43. The van der Waals surface area contributed by atoms with E-state index in [0.717, 1.165) is 65.6 Å². The molecule has 0 aliphatic carbocycles. The Bertz CT molecular complexity index is 1540. The molecule has 2 aliphatic heterocycles. The van der Waals surface area contributed by atoms with Crippen molar-refractivity contribution >= 4 is 22.6 Å². The van der Waals surface area contributed by atoms with Crippen LogP contribution in [0.15, 0.2) is 73.0 Å². The molecule has 5 heterocycles. The van der Waals surface area contributed by atoms with Crippen molar-refractivity contribution in [3.8, 4) is 17.1 Å². The monoisotopic (exact) mass is 533 g/mol. The molecule has 0 unspecified atom stereocenters. The van der Waals surface area contributed by atoms with Gasteiger partial charge < -0.3 is 11.1 Å². The van der Waals surface area contributed by atoms with E-state index in [1.54, 1.807) is 6.20 Å². The molecule has 0 radical (unpaired) electrons. The molecule has 3 N–H and O–H groups in total. The number of hydrogen-bond acceptors (Lipinski definition) is 6. The molecule has 4 aromatic rings. The van der Waals surface area contributed by atoms with Crippen LogP contribution in [-0.4, -0.2) is 50.6 Å². The summed E-state index contributed by atoms with van der Waals surface area (Å²) in [5.74, 6) is 1.20. The molecule has 2 fully saturated rings. The number of imidazole rings is 1. The first-order valence-corrected chi connectivity index (χ1v) is 14.6. The normalized spacial score (nSPS) is 17.9. The summed E-state index contributed by atoms with van der Waals surface area (Å²) in [5, 5.41) is 3.53. The van der Waals surface area contributed by atoms with Gasteiger partial charge >= 0.3 is 0 Å². The van der Waals surface area contributed by atoms with Gasteiger partial charge in [0.1, 0.15) is 11.3 Å². The molecule has 2 saturated heterocycles. The van der Waals surface area contributed by atoms with E-state index in [-0.39, 0.29) is 0 Å². The lowest BCUT2D eigenvalue weighted by Gasteiger charge is -2.34. The number of fused-ring (bicyclic) bond motifs is 1. The lowest BCUT2D eigenvalue weighted by molar-refractivity contribution is 0.194. The second-order valence-electron chi connectivity index (χ2n) is 11.2. The Balaban J connectivity index is 1.37. The largest absolute Gasteiger partial charge is 0.383 e. The molecule has 1 aromatic carbocycles. The lowest BCUT2D eigenvalue weighted by atomic mass is 9.78. The minimum absolute atomic E-state index is 0.456. The Morgan fingerprint density at radius 2 is 1.88 bits per heavy atom. The number of benzene rings is 1. The fourth-order valence-electron chi connectivity index (χ4n) is 6.34. The number of anilines is 1. The highest BCUT2D eigenvalue weighted by atomic mass is 15.2. The number of allylic oxidation sites excluding steroid dienone is 4. The molecule has 0 amide bonds. The number of nitrogen functional groups attached to an aromatic ring is 1. The smallest absolute Gasteiger partial charge is 0.165 e. The van der Waals surface area contributed by atoms with Gasteiger partial charge in [0.05, 0.1) is 11.3 Å². The molecule has 2 aliphatic rings. The maximum atomic E-state index is 6.34. The van der Waals surface area contributed by atoms with E-state index in [1.165, 1.54) is 37.9 Å².